The van der Waals surface area contributed by atoms with Crippen molar-refractivity contribution in [3.8, 4) is 0 Å². The van der Waals surface area contributed by atoms with Gasteiger partial charge in [0.1, 0.15) is 5.69 Å². The summed E-state index contributed by atoms with van der Waals surface area (Å²) in [5.41, 5.74) is -0.717. The fourth-order valence-corrected chi connectivity index (χ4v) is 3.18. The Bertz CT molecular complexity index is 854. The Balaban J connectivity index is 1.79. The third-order valence-electron chi connectivity index (χ3n) is 4.34. The standard InChI is InChI=1S/C18H17ClF3N3O3/c19-15-10-16(17(25(26)27)9-14(15)18(20,21)22)24-12-3-1-11(2-4-12)23-13-5-7-28-8-6-13/h1-4,9-10,13,23-24H,5-8H2. The maximum Gasteiger partial charge on any atom is 0.418 e. The molecule has 0 radical (unpaired) electrons. The fourth-order valence-electron chi connectivity index (χ4n) is 2.91. The van der Waals surface area contributed by atoms with Gasteiger partial charge in [-0.1, -0.05) is 11.6 Å². The lowest BCUT2D eigenvalue weighted by molar-refractivity contribution is -0.384. The lowest BCUT2D eigenvalue weighted by Crippen LogP contribution is -2.27. The summed E-state index contributed by atoms with van der Waals surface area (Å²) in [6.45, 7) is 1.41. The fraction of sp³-hybridized carbons (Fsp3) is 0.333. The van der Waals surface area contributed by atoms with Crippen LogP contribution in [0, 0.1) is 10.1 Å². The van der Waals surface area contributed by atoms with E-state index >= 15 is 0 Å². The summed E-state index contributed by atoms with van der Waals surface area (Å²) >= 11 is 5.69. The summed E-state index contributed by atoms with van der Waals surface area (Å²) < 4.78 is 44.1. The van der Waals surface area contributed by atoms with E-state index in [0.717, 1.165) is 24.6 Å². The maximum absolute atomic E-state index is 12.9. The minimum absolute atomic E-state index is 0.117. The first-order valence-electron chi connectivity index (χ1n) is 8.50. The molecule has 2 aromatic carbocycles. The summed E-state index contributed by atoms with van der Waals surface area (Å²) in [6, 6.07) is 8.59. The number of hydrogen-bond donors (Lipinski definition) is 2. The Hall–Kier alpha value is -2.52. The predicted molar refractivity (Wildman–Crippen MR) is 100 cm³/mol. The van der Waals surface area contributed by atoms with Crippen LogP contribution in [0.5, 0.6) is 0 Å². The highest BCUT2D eigenvalue weighted by atomic mass is 35.5. The number of nitro benzene ring substituents is 1. The van der Waals surface area contributed by atoms with Gasteiger partial charge in [0.05, 0.1) is 15.5 Å². The molecule has 0 amide bonds. The number of nitro groups is 1. The first kappa shape index (κ1) is 20.2. The minimum Gasteiger partial charge on any atom is -0.382 e. The number of ether oxygens (including phenoxy) is 1. The van der Waals surface area contributed by atoms with Crippen molar-refractivity contribution in [3.05, 3.63) is 57.1 Å². The van der Waals surface area contributed by atoms with Gasteiger partial charge in [-0.15, -0.1) is 0 Å². The third-order valence-corrected chi connectivity index (χ3v) is 4.66. The van der Waals surface area contributed by atoms with Crippen LogP contribution >= 0.6 is 11.6 Å². The molecule has 0 spiro atoms. The van der Waals surface area contributed by atoms with E-state index in [4.69, 9.17) is 16.3 Å². The molecule has 1 heterocycles. The Morgan fingerprint density at radius 2 is 1.71 bits per heavy atom. The third kappa shape index (κ3) is 4.85. The second-order valence-electron chi connectivity index (χ2n) is 6.34. The van der Waals surface area contributed by atoms with Crippen LogP contribution in [0.1, 0.15) is 18.4 Å². The van der Waals surface area contributed by atoms with Crippen molar-refractivity contribution in [1.29, 1.82) is 0 Å². The quantitative estimate of drug-likeness (QED) is 0.491. The minimum atomic E-state index is -4.78. The van der Waals surface area contributed by atoms with Gasteiger partial charge in [0.25, 0.3) is 5.69 Å². The van der Waals surface area contributed by atoms with E-state index < -0.39 is 27.4 Å². The van der Waals surface area contributed by atoms with Gasteiger partial charge in [0.2, 0.25) is 0 Å². The van der Waals surface area contributed by atoms with Crippen molar-refractivity contribution in [3.63, 3.8) is 0 Å². The SMILES string of the molecule is O=[N+]([O-])c1cc(C(F)(F)F)c(Cl)cc1Nc1ccc(NC2CCOCC2)cc1. The molecule has 10 heteroatoms. The molecule has 1 aliphatic rings. The van der Waals surface area contributed by atoms with E-state index in [9.17, 15) is 23.3 Å². The lowest BCUT2D eigenvalue weighted by atomic mass is 10.1. The molecule has 0 atom stereocenters. The van der Waals surface area contributed by atoms with E-state index in [0.29, 0.717) is 31.0 Å². The van der Waals surface area contributed by atoms with Gasteiger partial charge < -0.3 is 15.4 Å². The zero-order valence-corrected chi connectivity index (χ0v) is 15.3. The van der Waals surface area contributed by atoms with E-state index in [-0.39, 0.29) is 5.69 Å². The molecule has 0 aliphatic carbocycles. The second-order valence-corrected chi connectivity index (χ2v) is 6.74. The lowest BCUT2D eigenvalue weighted by Gasteiger charge is -2.24. The number of alkyl halides is 3. The number of hydrogen-bond acceptors (Lipinski definition) is 5. The van der Waals surface area contributed by atoms with Gasteiger partial charge in [0.15, 0.2) is 0 Å². The Labute approximate surface area is 163 Å². The number of nitrogens with zero attached hydrogens (tertiary/aromatic N) is 1. The van der Waals surface area contributed by atoms with Crippen LogP contribution in [-0.4, -0.2) is 24.2 Å². The van der Waals surface area contributed by atoms with Gasteiger partial charge in [-0.25, -0.2) is 0 Å². The molecule has 28 heavy (non-hydrogen) atoms. The Morgan fingerprint density at radius 3 is 2.29 bits per heavy atom. The number of nitrogens with one attached hydrogen (secondary N) is 2. The van der Waals surface area contributed by atoms with Crippen molar-refractivity contribution in [2.45, 2.75) is 25.1 Å². The summed E-state index contributed by atoms with van der Waals surface area (Å²) in [6.07, 6.45) is -2.98. The molecule has 2 N–H and O–H groups in total. The number of halogens is 4. The smallest absolute Gasteiger partial charge is 0.382 e. The molecule has 1 saturated heterocycles. The molecule has 6 nitrogen and oxygen atoms in total. The van der Waals surface area contributed by atoms with Crippen molar-refractivity contribution < 1.29 is 22.8 Å². The first-order chi connectivity index (χ1) is 13.2. The zero-order chi connectivity index (χ0) is 20.3. The molecule has 0 unspecified atom stereocenters. The predicted octanol–water partition coefficient (Wildman–Crippen LogP) is 5.60. The molecular formula is C18H17ClF3N3O3. The molecule has 0 bridgehead atoms. The van der Waals surface area contributed by atoms with Crippen LogP contribution in [-0.2, 0) is 10.9 Å². The molecular weight excluding hydrogens is 399 g/mol. The number of benzene rings is 2. The van der Waals surface area contributed by atoms with Crippen LogP contribution in [0.25, 0.3) is 0 Å². The normalized spacial score (nSPS) is 15.3. The highest BCUT2D eigenvalue weighted by molar-refractivity contribution is 6.31. The molecule has 2 aromatic rings. The molecule has 3 rings (SSSR count). The Kier molecular flexibility index (Phi) is 5.95. The van der Waals surface area contributed by atoms with E-state index in [1.807, 2.05) is 0 Å². The van der Waals surface area contributed by atoms with E-state index in [2.05, 4.69) is 10.6 Å². The van der Waals surface area contributed by atoms with Crippen LogP contribution < -0.4 is 10.6 Å². The number of rotatable bonds is 5. The van der Waals surface area contributed by atoms with Gasteiger partial charge in [-0.3, -0.25) is 10.1 Å². The topological polar surface area (TPSA) is 76.4 Å². The Morgan fingerprint density at radius 1 is 1.11 bits per heavy atom. The summed E-state index contributed by atoms with van der Waals surface area (Å²) in [5.74, 6) is 0. The molecule has 0 aromatic heterocycles. The monoisotopic (exact) mass is 415 g/mol. The second kappa shape index (κ2) is 8.24. The van der Waals surface area contributed by atoms with Gasteiger partial charge in [-0.05, 0) is 43.2 Å². The molecule has 1 aliphatic heterocycles. The summed E-state index contributed by atoms with van der Waals surface area (Å²) in [4.78, 5) is 10.3. The van der Waals surface area contributed by atoms with Crippen LogP contribution in [0.3, 0.4) is 0 Å². The van der Waals surface area contributed by atoms with Crippen LogP contribution in [0.2, 0.25) is 5.02 Å². The molecule has 0 saturated carbocycles. The van der Waals surface area contributed by atoms with E-state index in [1.54, 1.807) is 24.3 Å². The van der Waals surface area contributed by atoms with Gasteiger partial charge in [-0.2, -0.15) is 13.2 Å². The van der Waals surface area contributed by atoms with Crippen molar-refractivity contribution in [1.82, 2.24) is 0 Å². The number of anilines is 3. The van der Waals surface area contributed by atoms with Gasteiger partial charge >= 0.3 is 6.18 Å². The molecule has 1 fully saturated rings. The largest absolute Gasteiger partial charge is 0.418 e. The molecule has 150 valence electrons. The van der Waals surface area contributed by atoms with Crippen molar-refractivity contribution in [2.24, 2.45) is 0 Å². The first-order valence-corrected chi connectivity index (χ1v) is 8.88. The van der Waals surface area contributed by atoms with Crippen molar-refractivity contribution in [2.75, 3.05) is 23.8 Å². The van der Waals surface area contributed by atoms with Gasteiger partial charge in [0, 0.05) is 36.7 Å². The average Bonchev–Trinajstić information content (AvgIpc) is 2.63. The summed E-state index contributed by atoms with van der Waals surface area (Å²) in [7, 11) is 0. The van der Waals surface area contributed by atoms with Crippen LogP contribution in [0.15, 0.2) is 36.4 Å². The zero-order valence-electron chi connectivity index (χ0n) is 14.6. The highest BCUT2D eigenvalue weighted by Gasteiger charge is 2.36. The maximum atomic E-state index is 12.9. The summed E-state index contributed by atoms with van der Waals surface area (Å²) in [5, 5.41) is 16.7. The van der Waals surface area contributed by atoms with Crippen molar-refractivity contribution >= 4 is 34.4 Å². The highest BCUT2D eigenvalue weighted by Crippen LogP contribution is 2.41. The van der Waals surface area contributed by atoms with E-state index in [1.165, 1.54) is 0 Å². The van der Waals surface area contributed by atoms with Crippen LogP contribution in [0.4, 0.5) is 35.9 Å². The average molecular weight is 416 g/mol.